The van der Waals surface area contributed by atoms with Crippen molar-refractivity contribution in [3.63, 3.8) is 0 Å². The normalized spacial score (nSPS) is 10.8. The summed E-state index contributed by atoms with van der Waals surface area (Å²) in [5, 5.41) is 0. The highest BCUT2D eigenvalue weighted by Gasteiger charge is 1.97. The number of methoxy groups -OCH3 is 1. The van der Waals surface area contributed by atoms with E-state index in [9.17, 15) is 4.79 Å². The Morgan fingerprint density at radius 3 is 2.50 bits per heavy atom. The molecule has 0 saturated heterocycles. The maximum absolute atomic E-state index is 11.6. The van der Waals surface area contributed by atoms with Crippen LogP contribution in [0.3, 0.4) is 0 Å². The maximum atomic E-state index is 11.6. The van der Waals surface area contributed by atoms with Crippen LogP contribution in [0.5, 0.6) is 5.75 Å². The number of ketones is 1. The summed E-state index contributed by atoms with van der Waals surface area (Å²) in [4.78, 5) is 11.6. The second kappa shape index (κ2) is 8.51. The molecule has 0 aliphatic rings. The third-order valence-electron chi connectivity index (χ3n) is 2.85. The van der Waals surface area contributed by atoms with Crippen LogP contribution in [0.1, 0.15) is 44.6 Å². The first kappa shape index (κ1) is 14.5. The Kier molecular flexibility index (Phi) is 6.85. The lowest BCUT2D eigenvalue weighted by Crippen LogP contribution is -1.92. The molecule has 98 valence electrons. The van der Waals surface area contributed by atoms with Crippen LogP contribution >= 0.6 is 0 Å². The number of allylic oxidation sites excluding steroid dienone is 1. The molecule has 0 fully saturated rings. The quantitative estimate of drug-likeness (QED) is 0.506. The first-order valence-electron chi connectivity index (χ1n) is 6.61. The molecule has 0 saturated carbocycles. The van der Waals surface area contributed by atoms with Crippen molar-refractivity contribution in [2.45, 2.75) is 39.0 Å². The zero-order valence-corrected chi connectivity index (χ0v) is 11.3. The van der Waals surface area contributed by atoms with Gasteiger partial charge < -0.3 is 4.74 Å². The molecule has 2 heteroatoms. The molecule has 0 aliphatic heterocycles. The molecule has 1 aromatic rings. The Bertz CT molecular complexity index is 377. The van der Waals surface area contributed by atoms with E-state index < -0.39 is 0 Å². The number of rotatable bonds is 8. The number of carbonyl (C=O) groups excluding carboxylic acids is 1. The zero-order valence-electron chi connectivity index (χ0n) is 11.3. The van der Waals surface area contributed by atoms with E-state index in [0.717, 1.165) is 24.2 Å². The minimum Gasteiger partial charge on any atom is -0.497 e. The molecule has 0 radical (unpaired) electrons. The fraction of sp³-hybridized carbons (Fsp3) is 0.438. The van der Waals surface area contributed by atoms with Crippen molar-refractivity contribution >= 4 is 11.9 Å². The minimum atomic E-state index is 0.210. The third kappa shape index (κ3) is 5.67. The van der Waals surface area contributed by atoms with E-state index in [2.05, 4.69) is 6.92 Å². The van der Waals surface area contributed by atoms with Crippen molar-refractivity contribution in [2.24, 2.45) is 0 Å². The van der Waals surface area contributed by atoms with Crippen LogP contribution in [0.15, 0.2) is 30.3 Å². The van der Waals surface area contributed by atoms with Gasteiger partial charge in [0.2, 0.25) is 0 Å². The van der Waals surface area contributed by atoms with Gasteiger partial charge >= 0.3 is 0 Å². The number of hydrogen-bond acceptors (Lipinski definition) is 2. The Balaban J connectivity index is 2.35. The van der Waals surface area contributed by atoms with Crippen molar-refractivity contribution in [1.82, 2.24) is 0 Å². The molecule has 0 amide bonds. The second-order valence-corrected chi connectivity index (χ2v) is 4.38. The molecular formula is C16H22O2. The first-order valence-corrected chi connectivity index (χ1v) is 6.61. The molecule has 1 aromatic carbocycles. The average Bonchev–Trinajstić information content (AvgIpc) is 2.42. The molecule has 0 unspecified atom stereocenters. The summed E-state index contributed by atoms with van der Waals surface area (Å²) in [5.41, 5.74) is 1.03. The zero-order chi connectivity index (χ0) is 13.2. The smallest absolute Gasteiger partial charge is 0.155 e. The summed E-state index contributed by atoms with van der Waals surface area (Å²) < 4.78 is 5.08. The molecule has 0 spiro atoms. The van der Waals surface area contributed by atoms with E-state index in [4.69, 9.17) is 4.74 Å². The lowest BCUT2D eigenvalue weighted by Gasteiger charge is -1.99. The number of benzene rings is 1. The minimum absolute atomic E-state index is 0.210. The summed E-state index contributed by atoms with van der Waals surface area (Å²) in [5.74, 6) is 1.04. The predicted molar refractivity (Wildman–Crippen MR) is 75.8 cm³/mol. The van der Waals surface area contributed by atoms with Crippen molar-refractivity contribution in [1.29, 1.82) is 0 Å². The van der Waals surface area contributed by atoms with Crippen molar-refractivity contribution in [3.8, 4) is 5.75 Å². The van der Waals surface area contributed by atoms with Gasteiger partial charge in [-0.1, -0.05) is 44.4 Å². The molecular weight excluding hydrogens is 224 g/mol. The van der Waals surface area contributed by atoms with Gasteiger partial charge in [-0.2, -0.15) is 0 Å². The first-order chi connectivity index (χ1) is 8.76. The second-order valence-electron chi connectivity index (χ2n) is 4.38. The molecule has 0 aliphatic carbocycles. The van der Waals surface area contributed by atoms with E-state index in [1.54, 1.807) is 13.2 Å². The van der Waals surface area contributed by atoms with Gasteiger partial charge in [0.15, 0.2) is 5.78 Å². The van der Waals surface area contributed by atoms with Gasteiger partial charge in [0.1, 0.15) is 5.75 Å². The molecule has 0 heterocycles. The highest BCUT2D eigenvalue weighted by molar-refractivity contribution is 5.93. The van der Waals surface area contributed by atoms with E-state index in [1.807, 2.05) is 30.3 Å². The van der Waals surface area contributed by atoms with Crippen LogP contribution in [0.4, 0.5) is 0 Å². The van der Waals surface area contributed by atoms with Gasteiger partial charge in [-0.05, 0) is 30.2 Å². The van der Waals surface area contributed by atoms with E-state index >= 15 is 0 Å². The highest BCUT2D eigenvalue weighted by atomic mass is 16.5. The van der Waals surface area contributed by atoms with Crippen LogP contribution in [0, 0.1) is 0 Å². The van der Waals surface area contributed by atoms with Crippen molar-refractivity contribution in [3.05, 3.63) is 35.9 Å². The predicted octanol–water partition coefficient (Wildman–Crippen LogP) is 4.25. The highest BCUT2D eigenvalue weighted by Crippen LogP contribution is 2.12. The van der Waals surface area contributed by atoms with Gasteiger partial charge in [0, 0.05) is 6.42 Å². The standard InChI is InChI=1S/C16H22O2/c1-3-4-5-6-7-15(17)11-8-14-9-12-16(18-2)13-10-14/h8-13H,3-7H2,1-2H3/b11-8+. The fourth-order valence-electron chi connectivity index (χ4n) is 1.71. The Hall–Kier alpha value is -1.57. The van der Waals surface area contributed by atoms with Crippen LogP contribution in [0.2, 0.25) is 0 Å². The summed E-state index contributed by atoms with van der Waals surface area (Å²) >= 11 is 0. The molecule has 18 heavy (non-hydrogen) atoms. The summed E-state index contributed by atoms with van der Waals surface area (Å²) in [6.07, 6.45) is 8.77. The Morgan fingerprint density at radius 1 is 1.17 bits per heavy atom. The SMILES string of the molecule is CCCCCCC(=O)/C=C/c1ccc(OC)cc1. The fourth-order valence-corrected chi connectivity index (χ4v) is 1.71. The molecule has 0 bridgehead atoms. The maximum Gasteiger partial charge on any atom is 0.155 e. The largest absolute Gasteiger partial charge is 0.497 e. The number of ether oxygens (including phenoxy) is 1. The van der Waals surface area contributed by atoms with Gasteiger partial charge in [0.25, 0.3) is 0 Å². The Labute approximate surface area is 110 Å². The topological polar surface area (TPSA) is 26.3 Å². The van der Waals surface area contributed by atoms with Gasteiger partial charge in [-0.3, -0.25) is 4.79 Å². The van der Waals surface area contributed by atoms with Gasteiger partial charge in [-0.15, -0.1) is 0 Å². The third-order valence-corrected chi connectivity index (χ3v) is 2.85. The summed E-state index contributed by atoms with van der Waals surface area (Å²) in [7, 11) is 1.64. The Morgan fingerprint density at radius 2 is 1.89 bits per heavy atom. The molecule has 1 rings (SSSR count). The van der Waals surface area contributed by atoms with E-state index in [1.165, 1.54) is 12.8 Å². The summed E-state index contributed by atoms with van der Waals surface area (Å²) in [6, 6.07) is 7.68. The molecule has 0 atom stereocenters. The monoisotopic (exact) mass is 246 g/mol. The molecule has 0 aromatic heterocycles. The van der Waals surface area contributed by atoms with E-state index in [0.29, 0.717) is 6.42 Å². The average molecular weight is 246 g/mol. The van der Waals surface area contributed by atoms with Gasteiger partial charge in [0.05, 0.1) is 7.11 Å². The van der Waals surface area contributed by atoms with Crippen LogP contribution in [-0.2, 0) is 4.79 Å². The van der Waals surface area contributed by atoms with Crippen LogP contribution in [-0.4, -0.2) is 12.9 Å². The lowest BCUT2D eigenvalue weighted by molar-refractivity contribution is -0.114. The van der Waals surface area contributed by atoms with Crippen LogP contribution < -0.4 is 4.74 Å². The van der Waals surface area contributed by atoms with Gasteiger partial charge in [-0.25, -0.2) is 0 Å². The van der Waals surface area contributed by atoms with Crippen molar-refractivity contribution in [2.75, 3.05) is 7.11 Å². The molecule has 2 nitrogen and oxygen atoms in total. The van der Waals surface area contributed by atoms with Crippen molar-refractivity contribution < 1.29 is 9.53 Å². The number of hydrogen-bond donors (Lipinski definition) is 0. The number of carbonyl (C=O) groups is 1. The van der Waals surface area contributed by atoms with Crippen LogP contribution in [0.25, 0.3) is 6.08 Å². The molecule has 0 N–H and O–H groups in total. The summed E-state index contributed by atoms with van der Waals surface area (Å²) in [6.45, 7) is 2.17. The number of unbranched alkanes of at least 4 members (excludes halogenated alkanes) is 3. The lowest BCUT2D eigenvalue weighted by atomic mass is 10.1. The van der Waals surface area contributed by atoms with E-state index in [-0.39, 0.29) is 5.78 Å².